The van der Waals surface area contributed by atoms with Crippen LogP contribution in [-0.4, -0.2) is 6.04 Å². The maximum Gasteiger partial charge on any atom is 0.00190 e. The van der Waals surface area contributed by atoms with Gasteiger partial charge in [-0.25, -0.2) is 0 Å². The number of hydrogen-bond acceptors (Lipinski definition) is 2. The molecule has 0 amide bonds. The van der Waals surface area contributed by atoms with E-state index < -0.39 is 0 Å². The Kier molecular flexibility index (Phi) is 5.17. The monoisotopic (exact) mass is 126 g/mol. The minimum absolute atomic E-state index is 0.0278. The third-order valence-electron chi connectivity index (χ3n) is 1.07. The van der Waals surface area contributed by atoms with Crippen LogP contribution >= 0.6 is 0 Å². The van der Waals surface area contributed by atoms with E-state index in [4.69, 9.17) is 0 Å². The zero-order valence-electron chi connectivity index (χ0n) is 5.47. The summed E-state index contributed by atoms with van der Waals surface area (Å²) in [7, 11) is 0. The summed E-state index contributed by atoms with van der Waals surface area (Å²) in [6.45, 7) is 7.04. The quantitative estimate of drug-likeness (QED) is 0.448. The summed E-state index contributed by atoms with van der Waals surface area (Å²) >= 11 is 0. The molecule has 0 atom stereocenters. The summed E-state index contributed by atoms with van der Waals surface area (Å²) in [6.07, 6.45) is 4.85. The SMILES string of the molecule is C=CCC(CC=C)N[O-]. The summed E-state index contributed by atoms with van der Waals surface area (Å²) in [5, 5.41) is 10.1. The van der Waals surface area contributed by atoms with Gasteiger partial charge in [-0.15, -0.1) is 13.2 Å². The molecule has 52 valence electrons. The van der Waals surface area contributed by atoms with Crippen molar-refractivity contribution in [1.82, 2.24) is 5.48 Å². The van der Waals surface area contributed by atoms with Gasteiger partial charge in [-0.3, -0.25) is 0 Å². The van der Waals surface area contributed by atoms with Crippen molar-refractivity contribution in [2.24, 2.45) is 0 Å². The Morgan fingerprint density at radius 1 is 1.33 bits per heavy atom. The van der Waals surface area contributed by atoms with Gasteiger partial charge in [-0.2, -0.15) is 0 Å². The van der Waals surface area contributed by atoms with Gasteiger partial charge in [0.2, 0.25) is 0 Å². The molecular formula is C7H12NO-. The highest BCUT2D eigenvalue weighted by molar-refractivity contribution is 4.83. The van der Waals surface area contributed by atoms with Gasteiger partial charge in [-0.05, 0) is 12.8 Å². The number of rotatable bonds is 5. The lowest BCUT2D eigenvalue weighted by atomic mass is 10.1. The molecule has 9 heavy (non-hydrogen) atoms. The molecule has 0 radical (unpaired) electrons. The first kappa shape index (κ1) is 8.40. The van der Waals surface area contributed by atoms with E-state index in [2.05, 4.69) is 13.2 Å². The second kappa shape index (κ2) is 5.54. The molecule has 0 aliphatic heterocycles. The van der Waals surface area contributed by atoms with E-state index in [1.807, 2.05) is 5.48 Å². The zero-order chi connectivity index (χ0) is 7.11. The topological polar surface area (TPSA) is 35.1 Å². The molecule has 2 heteroatoms. The van der Waals surface area contributed by atoms with Crippen LogP contribution in [0.25, 0.3) is 0 Å². The molecule has 0 unspecified atom stereocenters. The molecule has 0 heterocycles. The largest absolute Gasteiger partial charge is 0.788 e. The third-order valence-corrected chi connectivity index (χ3v) is 1.07. The van der Waals surface area contributed by atoms with Gasteiger partial charge in [0, 0.05) is 6.04 Å². The summed E-state index contributed by atoms with van der Waals surface area (Å²) in [5.74, 6) is 0. The fraction of sp³-hybridized carbons (Fsp3) is 0.429. The summed E-state index contributed by atoms with van der Waals surface area (Å²) in [4.78, 5) is 0. The van der Waals surface area contributed by atoms with Crippen LogP contribution in [0.4, 0.5) is 0 Å². The average Bonchev–Trinajstić information content (AvgIpc) is 1.88. The van der Waals surface area contributed by atoms with Crippen LogP contribution in [0.2, 0.25) is 0 Å². The van der Waals surface area contributed by atoms with Crippen molar-refractivity contribution in [3.05, 3.63) is 30.5 Å². The fourth-order valence-electron chi connectivity index (χ4n) is 0.595. The molecule has 0 saturated heterocycles. The van der Waals surface area contributed by atoms with Crippen LogP contribution in [0.5, 0.6) is 0 Å². The van der Waals surface area contributed by atoms with Gasteiger partial charge in [-0.1, -0.05) is 12.2 Å². The first-order valence-corrected chi connectivity index (χ1v) is 2.94. The van der Waals surface area contributed by atoms with E-state index >= 15 is 0 Å². The molecule has 0 aliphatic carbocycles. The average molecular weight is 126 g/mol. The molecule has 0 aromatic carbocycles. The van der Waals surface area contributed by atoms with Gasteiger partial charge in [0.15, 0.2) is 0 Å². The molecular weight excluding hydrogens is 114 g/mol. The van der Waals surface area contributed by atoms with E-state index in [0.717, 1.165) is 0 Å². The van der Waals surface area contributed by atoms with E-state index in [1.54, 1.807) is 12.2 Å². The Morgan fingerprint density at radius 2 is 1.78 bits per heavy atom. The predicted molar refractivity (Wildman–Crippen MR) is 39.9 cm³/mol. The highest BCUT2D eigenvalue weighted by Gasteiger charge is 1.94. The lowest BCUT2D eigenvalue weighted by Gasteiger charge is -2.18. The molecule has 0 rings (SSSR count). The molecule has 0 bridgehead atoms. The first-order chi connectivity index (χ1) is 4.35. The normalized spacial score (nSPS) is 9.56. The molecule has 0 fully saturated rings. The molecule has 0 aromatic rings. The van der Waals surface area contributed by atoms with E-state index in [9.17, 15) is 5.21 Å². The van der Waals surface area contributed by atoms with Gasteiger partial charge in [0.25, 0.3) is 0 Å². The molecule has 0 aliphatic rings. The van der Waals surface area contributed by atoms with Gasteiger partial charge >= 0.3 is 0 Å². The van der Waals surface area contributed by atoms with Crippen molar-refractivity contribution in [3.63, 3.8) is 0 Å². The molecule has 0 aromatic heterocycles. The summed E-state index contributed by atoms with van der Waals surface area (Å²) < 4.78 is 0. The molecule has 2 nitrogen and oxygen atoms in total. The maximum absolute atomic E-state index is 10.1. The lowest BCUT2D eigenvalue weighted by Crippen LogP contribution is -2.21. The Bertz CT molecular complexity index is 80.9. The summed E-state index contributed by atoms with van der Waals surface area (Å²) in [5.41, 5.74) is 1.91. The van der Waals surface area contributed by atoms with Crippen LogP contribution in [-0.2, 0) is 0 Å². The number of nitrogens with one attached hydrogen (secondary N) is 1. The third kappa shape index (κ3) is 3.94. The van der Waals surface area contributed by atoms with Gasteiger partial charge < -0.3 is 10.7 Å². The zero-order valence-corrected chi connectivity index (χ0v) is 5.47. The molecule has 0 saturated carbocycles. The van der Waals surface area contributed by atoms with E-state index in [1.165, 1.54) is 0 Å². The second-order valence-electron chi connectivity index (χ2n) is 1.86. The van der Waals surface area contributed by atoms with Crippen molar-refractivity contribution in [3.8, 4) is 0 Å². The van der Waals surface area contributed by atoms with Crippen LogP contribution < -0.4 is 5.48 Å². The first-order valence-electron chi connectivity index (χ1n) is 2.94. The van der Waals surface area contributed by atoms with Crippen molar-refractivity contribution < 1.29 is 0 Å². The van der Waals surface area contributed by atoms with Crippen molar-refractivity contribution >= 4 is 0 Å². The molecule has 1 N–H and O–H groups in total. The Hall–Kier alpha value is -0.600. The highest BCUT2D eigenvalue weighted by atomic mass is 16.5. The predicted octanol–water partition coefficient (Wildman–Crippen LogP) is 1.59. The fourth-order valence-corrected chi connectivity index (χ4v) is 0.595. The van der Waals surface area contributed by atoms with Crippen molar-refractivity contribution in [2.45, 2.75) is 18.9 Å². The van der Waals surface area contributed by atoms with E-state index in [-0.39, 0.29) is 6.04 Å². The smallest absolute Gasteiger partial charge is 0.00190 e. The number of hydrogen-bond donors (Lipinski definition) is 1. The number of hydroxylamine groups is 1. The van der Waals surface area contributed by atoms with Crippen LogP contribution in [0.3, 0.4) is 0 Å². The van der Waals surface area contributed by atoms with Gasteiger partial charge in [0.1, 0.15) is 0 Å². The Balaban J connectivity index is 3.39. The van der Waals surface area contributed by atoms with Gasteiger partial charge in [0.05, 0.1) is 0 Å². The Labute approximate surface area is 55.8 Å². The standard InChI is InChI=1S/C7H12NO/c1-3-5-7(8-9)6-4-2/h3-4,7-8H,1-2,5-6H2/q-1. The summed E-state index contributed by atoms with van der Waals surface area (Å²) in [6, 6.07) is -0.0278. The van der Waals surface area contributed by atoms with Crippen LogP contribution in [0.1, 0.15) is 12.8 Å². The van der Waals surface area contributed by atoms with E-state index in [0.29, 0.717) is 12.8 Å². The Morgan fingerprint density at radius 3 is 2.00 bits per heavy atom. The highest BCUT2D eigenvalue weighted by Crippen LogP contribution is 1.97. The second-order valence-corrected chi connectivity index (χ2v) is 1.86. The lowest BCUT2D eigenvalue weighted by molar-refractivity contribution is 0.603. The molecule has 0 spiro atoms. The van der Waals surface area contributed by atoms with Crippen molar-refractivity contribution in [2.75, 3.05) is 0 Å². The van der Waals surface area contributed by atoms with Crippen molar-refractivity contribution in [1.29, 1.82) is 0 Å². The van der Waals surface area contributed by atoms with Crippen LogP contribution in [0, 0.1) is 5.21 Å². The minimum Gasteiger partial charge on any atom is -0.788 e. The minimum atomic E-state index is -0.0278. The maximum atomic E-state index is 10.1. The van der Waals surface area contributed by atoms with Crippen LogP contribution in [0.15, 0.2) is 25.3 Å².